The molecule has 1 aliphatic rings. The van der Waals surface area contributed by atoms with Crippen molar-refractivity contribution in [2.45, 2.75) is 59.3 Å². The fourth-order valence-electron chi connectivity index (χ4n) is 5.52. The second-order valence-corrected chi connectivity index (χ2v) is 10.8. The lowest BCUT2D eigenvalue weighted by Gasteiger charge is -2.31. The van der Waals surface area contributed by atoms with Crippen molar-refractivity contribution < 1.29 is 4.79 Å². The molecule has 4 aromatic rings. The average molecular weight is 465 g/mol. The van der Waals surface area contributed by atoms with Crippen LogP contribution in [0, 0.1) is 20.8 Å². The summed E-state index contributed by atoms with van der Waals surface area (Å²) >= 11 is 1.88. The molecule has 4 aromatic heterocycles. The minimum Gasteiger partial charge on any atom is -0.369 e. The fraction of sp³-hybridized carbons (Fsp3) is 0.480. The van der Waals surface area contributed by atoms with Gasteiger partial charge in [0.15, 0.2) is 5.65 Å². The van der Waals surface area contributed by atoms with Crippen molar-refractivity contribution in [1.82, 2.24) is 24.5 Å². The van der Waals surface area contributed by atoms with Gasteiger partial charge in [-0.3, -0.25) is 9.69 Å². The molecule has 0 aliphatic carbocycles. The molecule has 0 radical (unpaired) electrons. The number of primary amides is 1. The van der Waals surface area contributed by atoms with Crippen LogP contribution in [0.15, 0.2) is 12.5 Å². The molecule has 0 aromatic carbocycles. The zero-order valence-electron chi connectivity index (χ0n) is 20.0. The molecular weight excluding hydrogens is 432 g/mol. The van der Waals surface area contributed by atoms with E-state index in [4.69, 9.17) is 5.73 Å². The molecular formula is C25H32N6OS. The Kier molecular flexibility index (Phi) is 5.53. The lowest BCUT2D eigenvalue weighted by atomic mass is 9.90. The standard InChI is InChI=1S/C25H32N6OS/c1-13(2)20-21-16(5)23(17-7-6-8-30(9-17)11-19(26)32)33-25(21)29-22(20)18-10-31-24(27-12-28-31)15(4)14(18)3/h10,12-13,17,29H,6-9,11H2,1-5H3,(H2,26,32)/t17-/m1/s1. The summed E-state index contributed by atoms with van der Waals surface area (Å²) in [5, 5.41) is 5.76. The molecule has 33 heavy (non-hydrogen) atoms. The second-order valence-electron chi connectivity index (χ2n) is 9.73. The minimum absolute atomic E-state index is 0.243. The van der Waals surface area contributed by atoms with Gasteiger partial charge in [-0.25, -0.2) is 9.50 Å². The number of hydrogen-bond donors (Lipinski definition) is 2. The van der Waals surface area contributed by atoms with E-state index in [1.807, 2.05) is 15.9 Å². The summed E-state index contributed by atoms with van der Waals surface area (Å²) in [5.74, 6) is 0.578. The van der Waals surface area contributed by atoms with Crippen LogP contribution in [0.1, 0.15) is 65.7 Å². The van der Waals surface area contributed by atoms with Crippen LogP contribution in [0.3, 0.4) is 0 Å². The molecule has 0 unspecified atom stereocenters. The third kappa shape index (κ3) is 3.65. The number of aromatic amines is 1. The number of nitrogens with zero attached hydrogens (tertiary/aromatic N) is 4. The number of hydrogen-bond acceptors (Lipinski definition) is 5. The number of nitrogens with one attached hydrogen (secondary N) is 1. The Morgan fingerprint density at radius 2 is 2.06 bits per heavy atom. The van der Waals surface area contributed by atoms with Crippen LogP contribution >= 0.6 is 11.3 Å². The molecule has 5 heterocycles. The van der Waals surface area contributed by atoms with Crippen LogP contribution in [0.25, 0.3) is 27.1 Å². The van der Waals surface area contributed by atoms with Crippen LogP contribution in [0.4, 0.5) is 0 Å². The highest BCUT2D eigenvalue weighted by molar-refractivity contribution is 7.19. The van der Waals surface area contributed by atoms with Crippen molar-refractivity contribution in [3.8, 4) is 11.3 Å². The highest BCUT2D eigenvalue weighted by Gasteiger charge is 2.29. The average Bonchev–Trinajstić information content (AvgIpc) is 3.45. The van der Waals surface area contributed by atoms with Crippen molar-refractivity contribution in [3.63, 3.8) is 0 Å². The van der Waals surface area contributed by atoms with Gasteiger partial charge in [-0.05, 0) is 68.3 Å². The molecule has 0 spiro atoms. The molecule has 1 fully saturated rings. The number of likely N-dealkylation sites (tertiary alicyclic amines) is 1. The van der Waals surface area contributed by atoms with E-state index < -0.39 is 0 Å². The van der Waals surface area contributed by atoms with Crippen LogP contribution in [0.5, 0.6) is 0 Å². The van der Waals surface area contributed by atoms with Gasteiger partial charge in [0.1, 0.15) is 11.2 Å². The van der Waals surface area contributed by atoms with Crippen LogP contribution in [-0.2, 0) is 4.79 Å². The molecule has 8 heteroatoms. The third-order valence-corrected chi connectivity index (χ3v) is 8.56. The maximum atomic E-state index is 11.5. The SMILES string of the molecule is Cc1c(-c2[nH]c3sc([C@@H]4CCCN(CC(N)=O)C4)c(C)c3c2C(C)C)cn2ncnc2c1C. The number of carbonyl (C=O) groups excluding carboxylic acids is 1. The van der Waals surface area contributed by atoms with Gasteiger partial charge in [0.2, 0.25) is 5.91 Å². The first-order chi connectivity index (χ1) is 15.8. The van der Waals surface area contributed by atoms with E-state index in [1.54, 1.807) is 6.33 Å². The molecule has 174 valence electrons. The quantitative estimate of drug-likeness (QED) is 0.450. The molecule has 3 N–H and O–H groups in total. The Labute approximate surface area is 198 Å². The van der Waals surface area contributed by atoms with Gasteiger partial charge >= 0.3 is 0 Å². The van der Waals surface area contributed by atoms with E-state index in [1.165, 1.54) is 43.0 Å². The van der Waals surface area contributed by atoms with E-state index in [0.717, 1.165) is 37.1 Å². The van der Waals surface area contributed by atoms with Gasteiger partial charge in [-0.15, -0.1) is 11.3 Å². The highest BCUT2D eigenvalue weighted by Crippen LogP contribution is 2.46. The molecule has 7 nitrogen and oxygen atoms in total. The zero-order chi connectivity index (χ0) is 23.4. The van der Waals surface area contributed by atoms with Crippen molar-refractivity contribution in [1.29, 1.82) is 0 Å². The van der Waals surface area contributed by atoms with Gasteiger partial charge in [0.25, 0.3) is 0 Å². The first-order valence-electron chi connectivity index (χ1n) is 11.7. The van der Waals surface area contributed by atoms with E-state index >= 15 is 0 Å². The summed E-state index contributed by atoms with van der Waals surface area (Å²) < 4.78 is 1.88. The molecule has 1 amide bonds. The van der Waals surface area contributed by atoms with E-state index in [9.17, 15) is 4.79 Å². The molecule has 0 saturated carbocycles. The number of amides is 1. The second kappa shape index (κ2) is 8.25. The first-order valence-corrected chi connectivity index (χ1v) is 12.5. The Balaban J connectivity index is 1.62. The van der Waals surface area contributed by atoms with E-state index in [2.05, 4.69) is 60.8 Å². The fourth-order valence-corrected chi connectivity index (χ4v) is 6.87. The summed E-state index contributed by atoms with van der Waals surface area (Å²) in [6.45, 7) is 13.3. The first kappa shape index (κ1) is 22.1. The van der Waals surface area contributed by atoms with Gasteiger partial charge in [0, 0.05) is 34.5 Å². The number of nitrogens with two attached hydrogens (primary N) is 1. The van der Waals surface area contributed by atoms with Gasteiger partial charge in [0.05, 0.1) is 12.2 Å². The Morgan fingerprint density at radius 1 is 1.27 bits per heavy atom. The number of thiophene rings is 1. The number of piperidine rings is 1. The number of fused-ring (bicyclic) bond motifs is 2. The molecule has 0 bridgehead atoms. The number of pyridine rings is 1. The Bertz CT molecular complexity index is 1360. The monoisotopic (exact) mass is 464 g/mol. The summed E-state index contributed by atoms with van der Waals surface area (Å²) in [6, 6.07) is 0. The van der Waals surface area contributed by atoms with Crippen molar-refractivity contribution >= 4 is 33.1 Å². The maximum Gasteiger partial charge on any atom is 0.231 e. The van der Waals surface area contributed by atoms with Crippen LogP contribution in [-0.4, -0.2) is 50.0 Å². The van der Waals surface area contributed by atoms with Crippen LogP contribution < -0.4 is 5.73 Å². The summed E-state index contributed by atoms with van der Waals surface area (Å²) in [7, 11) is 0. The van der Waals surface area contributed by atoms with Gasteiger partial charge in [-0.1, -0.05) is 13.8 Å². The molecule has 1 saturated heterocycles. The van der Waals surface area contributed by atoms with Gasteiger partial charge in [-0.2, -0.15) is 5.10 Å². The number of aryl methyl sites for hydroxylation is 2. The smallest absolute Gasteiger partial charge is 0.231 e. The highest BCUT2D eigenvalue weighted by atomic mass is 32.1. The summed E-state index contributed by atoms with van der Waals surface area (Å²) in [5.41, 5.74) is 13.9. The van der Waals surface area contributed by atoms with E-state index in [-0.39, 0.29) is 5.91 Å². The predicted molar refractivity (Wildman–Crippen MR) is 134 cm³/mol. The number of H-pyrrole nitrogens is 1. The third-order valence-electron chi connectivity index (χ3n) is 7.19. The number of carbonyl (C=O) groups is 1. The molecule has 5 rings (SSSR count). The topological polar surface area (TPSA) is 92.3 Å². The molecule has 1 aliphatic heterocycles. The van der Waals surface area contributed by atoms with Crippen LogP contribution in [0.2, 0.25) is 0 Å². The lowest BCUT2D eigenvalue weighted by Crippen LogP contribution is -2.40. The maximum absolute atomic E-state index is 11.5. The normalized spacial score (nSPS) is 17.6. The summed E-state index contributed by atoms with van der Waals surface area (Å²) in [4.78, 5) is 24.6. The minimum atomic E-state index is -0.243. The van der Waals surface area contributed by atoms with Crippen molar-refractivity contribution in [3.05, 3.63) is 39.7 Å². The summed E-state index contributed by atoms with van der Waals surface area (Å²) in [6.07, 6.45) is 5.97. The van der Waals surface area contributed by atoms with Gasteiger partial charge < -0.3 is 10.7 Å². The Hall–Kier alpha value is -2.71. The number of aromatic nitrogens is 4. The largest absolute Gasteiger partial charge is 0.369 e. The van der Waals surface area contributed by atoms with E-state index in [0.29, 0.717) is 18.4 Å². The van der Waals surface area contributed by atoms with Crippen molar-refractivity contribution in [2.24, 2.45) is 5.73 Å². The predicted octanol–water partition coefficient (Wildman–Crippen LogP) is 4.65. The lowest BCUT2D eigenvalue weighted by molar-refractivity contribution is -0.119. The molecule has 1 atom stereocenters. The number of rotatable bonds is 5. The Morgan fingerprint density at radius 3 is 2.79 bits per heavy atom. The van der Waals surface area contributed by atoms with Crippen molar-refractivity contribution in [2.75, 3.05) is 19.6 Å². The zero-order valence-corrected chi connectivity index (χ0v) is 20.8.